The zero-order chi connectivity index (χ0) is 15.7. The highest BCUT2D eigenvalue weighted by Gasteiger charge is 2.56. The molecule has 2 aliphatic heterocycles. The molecule has 8 heteroatoms. The summed E-state index contributed by atoms with van der Waals surface area (Å²) in [6.07, 6.45) is -0.462. The van der Waals surface area contributed by atoms with Gasteiger partial charge in [0.1, 0.15) is 5.70 Å². The number of hydrogen-bond acceptors (Lipinski definition) is 6. The van der Waals surface area contributed by atoms with E-state index in [0.717, 1.165) is 11.8 Å². The molecule has 0 saturated carbocycles. The first-order valence-corrected chi connectivity index (χ1v) is 7.63. The van der Waals surface area contributed by atoms with Crippen molar-refractivity contribution in [3.63, 3.8) is 0 Å². The predicted octanol–water partition coefficient (Wildman–Crippen LogP) is 0.190. The van der Waals surface area contributed by atoms with E-state index >= 15 is 0 Å². The number of rotatable bonds is 6. The molecule has 3 atom stereocenters. The molecule has 21 heavy (non-hydrogen) atoms. The van der Waals surface area contributed by atoms with Gasteiger partial charge in [-0.05, 0) is 13.8 Å². The van der Waals surface area contributed by atoms with E-state index in [1.807, 2.05) is 0 Å². The third-order valence-electron chi connectivity index (χ3n) is 3.56. The van der Waals surface area contributed by atoms with Crippen molar-refractivity contribution < 1.29 is 29.3 Å². The number of aliphatic hydroxyl groups is 1. The van der Waals surface area contributed by atoms with Gasteiger partial charge in [-0.25, -0.2) is 4.79 Å². The molecule has 0 aromatic carbocycles. The van der Waals surface area contributed by atoms with E-state index in [4.69, 9.17) is 4.74 Å². The normalized spacial score (nSPS) is 25.5. The molecule has 0 aromatic rings. The molecule has 2 aliphatic rings. The minimum absolute atomic E-state index is 0.00799. The number of carbonyl (C=O) groups excluding carboxylic acids is 2. The Balaban J connectivity index is 2.12. The molecule has 1 saturated heterocycles. The summed E-state index contributed by atoms with van der Waals surface area (Å²) in [6, 6.07) is -0.326. The average Bonchev–Trinajstić information content (AvgIpc) is 2.70. The van der Waals surface area contributed by atoms with Gasteiger partial charge >= 0.3 is 11.9 Å². The number of amides is 1. The first-order chi connectivity index (χ1) is 9.88. The standard InChI is InChI=1S/C13H17NO6S/c1-3-20-9(16)5-21-8-4-7-10(6(2)15)12(17)14(7)11(8)13(18)19/h6-7,10,15H,3-5H2,1-2H3,(H,18,19)/t6-,7-,10-/m1/s1. The van der Waals surface area contributed by atoms with Crippen LogP contribution < -0.4 is 0 Å². The van der Waals surface area contributed by atoms with Crippen molar-refractivity contribution >= 4 is 29.6 Å². The maximum Gasteiger partial charge on any atom is 0.353 e. The monoisotopic (exact) mass is 315 g/mol. The van der Waals surface area contributed by atoms with Gasteiger partial charge in [-0.2, -0.15) is 0 Å². The SMILES string of the molecule is CCOC(=O)CSC1=C(C(=O)O)N2C(=O)[C@H]([C@@H](C)O)[C@H]2C1. The van der Waals surface area contributed by atoms with Crippen LogP contribution >= 0.6 is 11.8 Å². The van der Waals surface area contributed by atoms with E-state index in [2.05, 4.69) is 0 Å². The minimum Gasteiger partial charge on any atom is -0.477 e. The van der Waals surface area contributed by atoms with Crippen molar-refractivity contribution in [2.45, 2.75) is 32.4 Å². The quantitative estimate of drug-likeness (QED) is 0.532. The lowest BCUT2D eigenvalue weighted by Gasteiger charge is -2.44. The van der Waals surface area contributed by atoms with Crippen LogP contribution in [0.2, 0.25) is 0 Å². The summed E-state index contributed by atoms with van der Waals surface area (Å²) in [5.74, 6) is -2.55. The lowest BCUT2D eigenvalue weighted by Crippen LogP contribution is -2.61. The van der Waals surface area contributed by atoms with E-state index < -0.39 is 24.0 Å². The van der Waals surface area contributed by atoms with Gasteiger partial charge in [0.2, 0.25) is 5.91 Å². The maximum absolute atomic E-state index is 12.0. The topological polar surface area (TPSA) is 104 Å². The Bertz CT molecular complexity index is 515. The zero-order valence-corrected chi connectivity index (χ0v) is 12.6. The number of aliphatic hydroxyl groups excluding tert-OH is 1. The highest BCUT2D eigenvalue weighted by Crippen LogP contribution is 2.46. The van der Waals surface area contributed by atoms with Crippen LogP contribution in [0.15, 0.2) is 10.6 Å². The van der Waals surface area contributed by atoms with Crippen molar-refractivity contribution in [2.24, 2.45) is 5.92 Å². The average molecular weight is 315 g/mol. The molecule has 1 amide bonds. The lowest BCUT2D eigenvalue weighted by atomic mass is 9.83. The van der Waals surface area contributed by atoms with E-state index in [1.54, 1.807) is 6.92 Å². The number of carboxylic acids is 1. The first kappa shape index (κ1) is 15.8. The number of carboxylic acid groups (broad SMARTS) is 1. The van der Waals surface area contributed by atoms with Crippen LogP contribution in [0, 0.1) is 5.92 Å². The molecule has 7 nitrogen and oxygen atoms in total. The Hall–Kier alpha value is -1.54. The number of β-lactam (4-membered cyclic amide) rings is 1. The number of carbonyl (C=O) groups is 3. The summed E-state index contributed by atoms with van der Waals surface area (Å²) in [7, 11) is 0. The van der Waals surface area contributed by atoms with Gasteiger partial charge in [0.05, 0.1) is 30.4 Å². The van der Waals surface area contributed by atoms with Gasteiger partial charge in [-0.15, -0.1) is 11.8 Å². The fraction of sp³-hybridized carbons (Fsp3) is 0.615. The molecule has 116 valence electrons. The molecule has 0 bridgehead atoms. The van der Waals surface area contributed by atoms with Crippen LogP contribution in [0.25, 0.3) is 0 Å². The highest BCUT2D eigenvalue weighted by atomic mass is 32.2. The molecular weight excluding hydrogens is 298 g/mol. The van der Waals surface area contributed by atoms with Crippen LogP contribution in [0.1, 0.15) is 20.3 Å². The fourth-order valence-electron chi connectivity index (χ4n) is 2.71. The van der Waals surface area contributed by atoms with Crippen molar-refractivity contribution in [3.05, 3.63) is 10.6 Å². The van der Waals surface area contributed by atoms with Crippen molar-refractivity contribution in [3.8, 4) is 0 Å². The number of esters is 1. The predicted molar refractivity (Wildman–Crippen MR) is 74.2 cm³/mol. The number of hydrogen-bond donors (Lipinski definition) is 2. The second-order valence-corrected chi connectivity index (χ2v) is 5.99. The van der Waals surface area contributed by atoms with Gasteiger partial charge in [0.25, 0.3) is 0 Å². The number of fused-ring (bicyclic) bond motifs is 1. The largest absolute Gasteiger partial charge is 0.477 e. The molecule has 0 aliphatic carbocycles. The first-order valence-electron chi connectivity index (χ1n) is 6.64. The van der Waals surface area contributed by atoms with Gasteiger partial charge < -0.3 is 19.8 Å². The zero-order valence-electron chi connectivity index (χ0n) is 11.7. The molecule has 2 N–H and O–H groups in total. The summed E-state index contributed by atoms with van der Waals surface area (Å²) in [4.78, 5) is 36.4. The molecule has 0 radical (unpaired) electrons. The van der Waals surface area contributed by atoms with Crippen LogP contribution in [0.4, 0.5) is 0 Å². The summed E-state index contributed by atoms with van der Waals surface area (Å²) in [5, 5.41) is 18.9. The van der Waals surface area contributed by atoms with Gasteiger partial charge in [-0.3, -0.25) is 9.59 Å². The molecule has 0 spiro atoms. The van der Waals surface area contributed by atoms with Crippen LogP contribution in [-0.2, 0) is 19.1 Å². The Kier molecular flexibility index (Phi) is 4.58. The fourth-order valence-corrected chi connectivity index (χ4v) is 3.69. The minimum atomic E-state index is -1.19. The van der Waals surface area contributed by atoms with Gasteiger partial charge in [-0.1, -0.05) is 0 Å². The van der Waals surface area contributed by atoms with Crippen LogP contribution in [-0.4, -0.2) is 57.5 Å². The lowest BCUT2D eigenvalue weighted by molar-refractivity contribution is -0.161. The third kappa shape index (κ3) is 2.77. The van der Waals surface area contributed by atoms with Crippen LogP contribution in [0.5, 0.6) is 0 Å². The van der Waals surface area contributed by atoms with Gasteiger partial charge in [0, 0.05) is 11.3 Å². The Morgan fingerprint density at radius 3 is 2.71 bits per heavy atom. The molecule has 0 unspecified atom stereocenters. The number of thioether (sulfide) groups is 1. The molecule has 0 aromatic heterocycles. The Labute approximate surface area is 125 Å². The van der Waals surface area contributed by atoms with E-state index in [-0.39, 0.29) is 30.0 Å². The molecule has 1 fully saturated rings. The maximum atomic E-state index is 12.0. The second-order valence-electron chi connectivity index (χ2n) is 4.92. The number of aliphatic carboxylic acids is 1. The van der Waals surface area contributed by atoms with Crippen molar-refractivity contribution in [1.29, 1.82) is 0 Å². The van der Waals surface area contributed by atoms with E-state index in [1.165, 1.54) is 11.8 Å². The Morgan fingerprint density at radius 1 is 1.52 bits per heavy atom. The molecule has 2 rings (SSSR count). The second kappa shape index (κ2) is 6.07. The van der Waals surface area contributed by atoms with Crippen molar-refractivity contribution in [2.75, 3.05) is 12.4 Å². The van der Waals surface area contributed by atoms with Crippen molar-refractivity contribution in [1.82, 2.24) is 4.90 Å². The summed E-state index contributed by atoms with van der Waals surface area (Å²) < 4.78 is 4.80. The third-order valence-corrected chi connectivity index (χ3v) is 4.65. The molecule has 2 heterocycles. The summed E-state index contributed by atoms with van der Waals surface area (Å²) >= 11 is 1.08. The highest BCUT2D eigenvalue weighted by molar-refractivity contribution is 8.03. The van der Waals surface area contributed by atoms with Crippen LogP contribution in [0.3, 0.4) is 0 Å². The smallest absolute Gasteiger partial charge is 0.353 e. The number of nitrogens with zero attached hydrogens (tertiary/aromatic N) is 1. The number of ether oxygens (including phenoxy) is 1. The summed E-state index contributed by atoms with van der Waals surface area (Å²) in [5.41, 5.74) is -0.0730. The summed E-state index contributed by atoms with van der Waals surface area (Å²) in [6.45, 7) is 3.48. The Morgan fingerprint density at radius 2 is 2.19 bits per heavy atom. The van der Waals surface area contributed by atoms with E-state index in [0.29, 0.717) is 11.3 Å². The van der Waals surface area contributed by atoms with Gasteiger partial charge in [0.15, 0.2) is 0 Å². The molecular formula is C13H17NO6S. The van der Waals surface area contributed by atoms with E-state index in [9.17, 15) is 24.6 Å².